The summed E-state index contributed by atoms with van der Waals surface area (Å²) in [5.74, 6) is 1.83. The van der Waals surface area contributed by atoms with Crippen molar-refractivity contribution in [3.63, 3.8) is 0 Å². The van der Waals surface area contributed by atoms with Gasteiger partial charge in [0.15, 0.2) is 5.82 Å². The molecule has 1 aromatic heterocycles. The number of pyridine rings is 1. The van der Waals surface area contributed by atoms with E-state index in [4.69, 9.17) is 15.2 Å². The Morgan fingerprint density at radius 2 is 2.06 bits per heavy atom. The summed E-state index contributed by atoms with van der Waals surface area (Å²) in [7, 11) is 1.63. The molecule has 180 valence electrons. The first kappa shape index (κ1) is 23.6. The van der Waals surface area contributed by atoms with E-state index in [0.717, 1.165) is 44.1 Å². The normalized spacial score (nSPS) is 24.4. The highest BCUT2D eigenvalue weighted by Crippen LogP contribution is 2.37. The number of aromatic nitrogens is 1. The van der Waals surface area contributed by atoms with Crippen LogP contribution in [-0.2, 0) is 9.53 Å². The fourth-order valence-corrected chi connectivity index (χ4v) is 4.64. The zero-order valence-corrected chi connectivity index (χ0v) is 19.9. The molecular weight excluding hydrogens is 418 g/mol. The molecule has 3 aliphatic rings. The number of ether oxygens (including phenoxy) is 2. The SMILES string of the molecule is COCCOc1cc2c(c(N)n1)NC(=O)CN2CC1/C=C(\C)CN(CC2CC2)CC/C=C/C1. The Balaban J connectivity index is 1.52. The predicted octanol–water partition coefficient (Wildman–Crippen LogP) is 3.07. The van der Waals surface area contributed by atoms with Crippen molar-refractivity contribution >= 4 is 23.1 Å². The molecular formula is C25H37N5O3. The average Bonchev–Trinajstić information content (AvgIpc) is 3.58. The molecule has 1 unspecified atom stereocenters. The van der Waals surface area contributed by atoms with Crippen LogP contribution >= 0.6 is 0 Å². The molecule has 8 heteroatoms. The standard InChI is InChI=1S/C25H37N5O3/c1-18-12-20(6-4-3-5-9-29(14-18)15-19-7-8-19)16-30-17-22(31)27-24-21(30)13-23(28-25(24)26)33-11-10-32-2/h3-4,12-13,19-20H,5-11,14-17H2,1-2H3,(H2,26,28)(H,27,31)/b4-3+,18-12+. The van der Waals surface area contributed by atoms with Crippen LogP contribution < -0.4 is 20.7 Å². The molecule has 2 aliphatic heterocycles. The summed E-state index contributed by atoms with van der Waals surface area (Å²) in [6, 6.07) is 1.87. The van der Waals surface area contributed by atoms with Crippen LogP contribution in [0.25, 0.3) is 0 Å². The number of carbonyl (C=O) groups is 1. The summed E-state index contributed by atoms with van der Waals surface area (Å²) in [6.45, 7) is 7.46. The lowest BCUT2D eigenvalue weighted by Crippen LogP contribution is -2.41. The number of nitrogens with two attached hydrogens (primary N) is 1. The van der Waals surface area contributed by atoms with Gasteiger partial charge in [-0.1, -0.05) is 23.8 Å². The molecule has 3 N–H and O–H groups in total. The number of anilines is 3. The lowest BCUT2D eigenvalue weighted by atomic mass is 9.99. The van der Waals surface area contributed by atoms with E-state index in [1.165, 1.54) is 25.0 Å². The fraction of sp³-hybridized carbons (Fsp3) is 0.600. The van der Waals surface area contributed by atoms with Crippen LogP contribution in [0.4, 0.5) is 17.2 Å². The zero-order chi connectivity index (χ0) is 23.2. The second-order valence-corrected chi connectivity index (χ2v) is 9.46. The lowest BCUT2D eigenvalue weighted by Gasteiger charge is -2.34. The van der Waals surface area contributed by atoms with Gasteiger partial charge in [0.2, 0.25) is 11.8 Å². The Morgan fingerprint density at radius 3 is 2.85 bits per heavy atom. The number of nitrogens with zero attached hydrogens (tertiary/aromatic N) is 3. The van der Waals surface area contributed by atoms with Crippen molar-refractivity contribution in [2.75, 3.05) is 69.0 Å². The van der Waals surface area contributed by atoms with Gasteiger partial charge in [-0.15, -0.1) is 0 Å². The molecule has 1 aromatic rings. The second-order valence-electron chi connectivity index (χ2n) is 9.46. The molecule has 0 radical (unpaired) electrons. The third-order valence-electron chi connectivity index (χ3n) is 6.36. The van der Waals surface area contributed by atoms with Gasteiger partial charge in [0, 0.05) is 39.4 Å². The largest absolute Gasteiger partial charge is 0.475 e. The van der Waals surface area contributed by atoms with Crippen molar-refractivity contribution in [2.24, 2.45) is 11.8 Å². The third kappa shape index (κ3) is 6.71. The molecule has 1 aliphatic carbocycles. The van der Waals surface area contributed by atoms with Gasteiger partial charge in [-0.25, -0.2) is 0 Å². The van der Waals surface area contributed by atoms with Crippen molar-refractivity contribution in [3.05, 3.63) is 29.9 Å². The van der Waals surface area contributed by atoms with E-state index in [0.29, 0.717) is 30.7 Å². The molecule has 1 amide bonds. The maximum atomic E-state index is 12.4. The van der Waals surface area contributed by atoms with Crippen molar-refractivity contribution < 1.29 is 14.3 Å². The highest BCUT2D eigenvalue weighted by atomic mass is 16.5. The molecule has 1 saturated carbocycles. The maximum Gasteiger partial charge on any atom is 0.244 e. The van der Waals surface area contributed by atoms with Crippen LogP contribution in [0.1, 0.15) is 32.6 Å². The van der Waals surface area contributed by atoms with Crippen LogP contribution in [0.3, 0.4) is 0 Å². The lowest BCUT2D eigenvalue weighted by molar-refractivity contribution is -0.115. The number of hydrogen-bond acceptors (Lipinski definition) is 7. The molecule has 0 aromatic carbocycles. The molecule has 8 nitrogen and oxygen atoms in total. The first-order valence-electron chi connectivity index (χ1n) is 12.0. The van der Waals surface area contributed by atoms with E-state index in [1.807, 2.05) is 6.07 Å². The van der Waals surface area contributed by atoms with E-state index >= 15 is 0 Å². The molecule has 1 fully saturated rings. The predicted molar refractivity (Wildman–Crippen MR) is 132 cm³/mol. The minimum Gasteiger partial charge on any atom is -0.475 e. The number of fused-ring (bicyclic) bond motifs is 1. The molecule has 0 bridgehead atoms. The number of hydrogen-bond donors (Lipinski definition) is 2. The molecule has 3 heterocycles. The summed E-state index contributed by atoms with van der Waals surface area (Å²) in [4.78, 5) is 21.4. The van der Waals surface area contributed by atoms with Crippen molar-refractivity contribution in [2.45, 2.75) is 32.6 Å². The summed E-state index contributed by atoms with van der Waals surface area (Å²) in [5.41, 5.74) is 9.00. The molecule has 0 saturated heterocycles. The van der Waals surface area contributed by atoms with Gasteiger partial charge in [0.05, 0.1) is 18.8 Å². The minimum absolute atomic E-state index is 0.0734. The van der Waals surface area contributed by atoms with E-state index < -0.39 is 0 Å². The quantitative estimate of drug-likeness (QED) is 0.460. The molecule has 4 rings (SSSR count). The Bertz CT molecular complexity index is 896. The minimum atomic E-state index is -0.0734. The maximum absolute atomic E-state index is 12.4. The monoisotopic (exact) mass is 455 g/mol. The molecule has 1 atom stereocenters. The van der Waals surface area contributed by atoms with Gasteiger partial charge >= 0.3 is 0 Å². The number of nitrogens with one attached hydrogen (secondary N) is 1. The molecule has 0 spiro atoms. The van der Waals surface area contributed by atoms with Gasteiger partial charge < -0.3 is 25.4 Å². The summed E-state index contributed by atoms with van der Waals surface area (Å²) in [5, 5.41) is 2.88. The molecule has 33 heavy (non-hydrogen) atoms. The van der Waals surface area contributed by atoms with E-state index in [2.05, 4.69) is 45.3 Å². The summed E-state index contributed by atoms with van der Waals surface area (Å²) in [6.07, 6.45) is 11.8. The van der Waals surface area contributed by atoms with Gasteiger partial charge in [0.1, 0.15) is 12.3 Å². The van der Waals surface area contributed by atoms with E-state index in [-0.39, 0.29) is 18.3 Å². The van der Waals surface area contributed by atoms with Crippen molar-refractivity contribution in [1.29, 1.82) is 0 Å². The number of carbonyl (C=O) groups excluding carboxylic acids is 1. The Labute approximate surface area is 196 Å². The van der Waals surface area contributed by atoms with Crippen LogP contribution in [0, 0.1) is 11.8 Å². The summed E-state index contributed by atoms with van der Waals surface area (Å²) < 4.78 is 10.8. The Hall–Kier alpha value is -2.58. The van der Waals surface area contributed by atoms with Crippen LogP contribution in [-0.4, -0.2) is 68.8 Å². The van der Waals surface area contributed by atoms with Gasteiger partial charge in [0.25, 0.3) is 0 Å². The first-order valence-corrected chi connectivity index (χ1v) is 12.0. The van der Waals surface area contributed by atoms with E-state index in [1.54, 1.807) is 7.11 Å². The van der Waals surface area contributed by atoms with Crippen molar-refractivity contribution in [3.8, 4) is 5.88 Å². The number of nitrogen functional groups attached to an aromatic ring is 1. The number of amides is 1. The number of methoxy groups -OCH3 is 1. The number of rotatable bonds is 8. The third-order valence-corrected chi connectivity index (χ3v) is 6.36. The highest BCUT2D eigenvalue weighted by molar-refractivity contribution is 6.04. The van der Waals surface area contributed by atoms with Gasteiger partial charge in [-0.3, -0.25) is 9.69 Å². The van der Waals surface area contributed by atoms with Crippen molar-refractivity contribution in [1.82, 2.24) is 9.88 Å². The Kier molecular flexibility index (Phi) is 7.88. The van der Waals surface area contributed by atoms with Crippen LogP contribution in [0.15, 0.2) is 29.9 Å². The first-order chi connectivity index (χ1) is 16.0. The summed E-state index contributed by atoms with van der Waals surface area (Å²) >= 11 is 0. The van der Waals surface area contributed by atoms with E-state index in [9.17, 15) is 4.79 Å². The number of allylic oxidation sites excluding steroid dienone is 1. The topological polar surface area (TPSA) is 92.9 Å². The average molecular weight is 456 g/mol. The smallest absolute Gasteiger partial charge is 0.244 e. The second kappa shape index (κ2) is 11.0. The van der Waals surface area contributed by atoms with Crippen LogP contribution in [0.5, 0.6) is 5.88 Å². The highest BCUT2D eigenvalue weighted by Gasteiger charge is 2.28. The Morgan fingerprint density at radius 1 is 1.21 bits per heavy atom. The van der Waals surface area contributed by atoms with Gasteiger partial charge in [-0.2, -0.15) is 4.98 Å². The van der Waals surface area contributed by atoms with Crippen LogP contribution in [0.2, 0.25) is 0 Å². The fourth-order valence-electron chi connectivity index (χ4n) is 4.64. The zero-order valence-electron chi connectivity index (χ0n) is 19.9. The van der Waals surface area contributed by atoms with Gasteiger partial charge in [-0.05, 0) is 44.4 Å².